The Balaban J connectivity index is 2.34. The van der Waals surface area contributed by atoms with Crippen LogP contribution in [0.3, 0.4) is 0 Å². The number of aliphatic hydroxyl groups excluding tert-OH is 1. The molecule has 0 fully saturated rings. The van der Waals surface area contributed by atoms with Crippen molar-refractivity contribution in [3.8, 4) is 5.75 Å². The highest BCUT2D eigenvalue weighted by Gasteiger charge is 2.15. The van der Waals surface area contributed by atoms with Crippen molar-refractivity contribution in [3.63, 3.8) is 0 Å². The summed E-state index contributed by atoms with van der Waals surface area (Å²) >= 11 is 0. The number of aliphatic hydroxyl groups is 1. The van der Waals surface area contributed by atoms with E-state index in [1.54, 1.807) is 0 Å². The fraction of sp³-hybridized carbons (Fsp3) is 0.250. The number of hydrogen-bond donors (Lipinski definition) is 2. The maximum absolute atomic E-state index is 9.12. The topological polar surface area (TPSA) is 41.5 Å². The highest BCUT2D eigenvalue weighted by Crippen LogP contribution is 2.21. The van der Waals surface area contributed by atoms with Crippen molar-refractivity contribution in [2.24, 2.45) is 0 Å². The first kappa shape index (κ1) is 6.64. The lowest BCUT2D eigenvalue weighted by Crippen LogP contribution is -2.37. The van der Waals surface area contributed by atoms with Crippen LogP contribution in [0.5, 0.6) is 5.75 Å². The minimum atomic E-state index is -0.579. The number of fused-ring (bicyclic) bond motifs is 1. The van der Waals surface area contributed by atoms with Crippen molar-refractivity contribution >= 4 is 0 Å². The normalized spacial score (nSPS) is 22.1. The zero-order valence-electron chi connectivity index (χ0n) is 5.95. The molecule has 0 bridgehead atoms. The van der Waals surface area contributed by atoms with E-state index in [4.69, 9.17) is 9.94 Å². The van der Waals surface area contributed by atoms with Gasteiger partial charge in [0.25, 0.3) is 0 Å². The van der Waals surface area contributed by atoms with Gasteiger partial charge in [0.15, 0.2) is 5.75 Å². The van der Waals surface area contributed by atoms with Gasteiger partial charge >= 0.3 is 0 Å². The van der Waals surface area contributed by atoms with Gasteiger partial charge in [-0.05, 0) is 6.07 Å². The SMILES string of the molecule is OC1Cc2ccccc2ON1. The van der Waals surface area contributed by atoms with Gasteiger partial charge in [-0.3, -0.25) is 0 Å². The molecule has 0 radical (unpaired) electrons. The van der Waals surface area contributed by atoms with Crippen LogP contribution in [0, 0.1) is 0 Å². The Labute approximate surface area is 64.6 Å². The Bertz CT molecular complexity index is 262. The first-order chi connectivity index (χ1) is 5.36. The monoisotopic (exact) mass is 151 g/mol. The summed E-state index contributed by atoms with van der Waals surface area (Å²) in [5.74, 6) is 0.804. The number of para-hydroxylation sites is 1. The second-order valence-corrected chi connectivity index (χ2v) is 2.55. The Morgan fingerprint density at radius 2 is 2.27 bits per heavy atom. The molecule has 0 aromatic heterocycles. The Morgan fingerprint density at radius 3 is 3.18 bits per heavy atom. The lowest BCUT2D eigenvalue weighted by atomic mass is 10.1. The molecular formula is C8H9NO2. The van der Waals surface area contributed by atoms with E-state index in [0.717, 1.165) is 11.3 Å². The van der Waals surface area contributed by atoms with E-state index >= 15 is 0 Å². The molecule has 2 rings (SSSR count). The molecule has 1 aliphatic heterocycles. The lowest BCUT2D eigenvalue weighted by Gasteiger charge is -2.21. The minimum absolute atomic E-state index is 0.579. The van der Waals surface area contributed by atoms with Crippen molar-refractivity contribution in [2.45, 2.75) is 12.6 Å². The quantitative estimate of drug-likeness (QED) is 0.565. The van der Waals surface area contributed by atoms with E-state index in [-0.39, 0.29) is 0 Å². The summed E-state index contributed by atoms with van der Waals surface area (Å²) in [5.41, 5.74) is 3.53. The van der Waals surface area contributed by atoms with Gasteiger partial charge in [0.05, 0.1) is 0 Å². The standard InChI is InChI=1S/C8H9NO2/c10-8-5-6-3-1-2-4-7(6)11-9-8/h1-4,8-10H,5H2. The summed E-state index contributed by atoms with van der Waals surface area (Å²) < 4.78 is 0. The van der Waals surface area contributed by atoms with Crippen molar-refractivity contribution < 1.29 is 9.94 Å². The van der Waals surface area contributed by atoms with Gasteiger partial charge in [0.2, 0.25) is 0 Å². The number of nitrogens with one attached hydrogen (secondary N) is 1. The van der Waals surface area contributed by atoms with Crippen LogP contribution >= 0.6 is 0 Å². The summed E-state index contributed by atoms with van der Waals surface area (Å²) in [6, 6.07) is 7.64. The van der Waals surface area contributed by atoms with Crippen LogP contribution in [0.15, 0.2) is 24.3 Å². The van der Waals surface area contributed by atoms with Gasteiger partial charge < -0.3 is 9.94 Å². The van der Waals surface area contributed by atoms with Gasteiger partial charge in [-0.25, -0.2) is 0 Å². The Hall–Kier alpha value is -1.06. The second kappa shape index (κ2) is 2.53. The summed E-state index contributed by atoms with van der Waals surface area (Å²) in [6.45, 7) is 0. The van der Waals surface area contributed by atoms with Crippen LogP contribution in [-0.2, 0) is 6.42 Å². The highest BCUT2D eigenvalue weighted by molar-refractivity contribution is 5.34. The van der Waals surface area contributed by atoms with Crippen LogP contribution in [0.25, 0.3) is 0 Å². The van der Waals surface area contributed by atoms with E-state index < -0.39 is 6.23 Å². The summed E-state index contributed by atoms with van der Waals surface area (Å²) in [7, 11) is 0. The van der Waals surface area contributed by atoms with Gasteiger partial charge in [-0.1, -0.05) is 18.2 Å². The molecular weight excluding hydrogens is 142 g/mol. The van der Waals surface area contributed by atoms with Crippen LogP contribution in [-0.4, -0.2) is 11.3 Å². The molecule has 3 heteroatoms. The minimum Gasteiger partial charge on any atom is -0.406 e. The molecule has 1 atom stereocenters. The molecule has 0 saturated heterocycles. The van der Waals surface area contributed by atoms with Crippen LogP contribution in [0.1, 0.15) is 5.56 Å². The molecule has 0 saturated carbocycles. The molecule has 1 unspecified atom stereocenters. The summed E-state index contributed by atoms with van der Waals surface area (Å²) in [4.78, 5) is 5.04. The molecule has 3 nitrogen and oxygen atoms in total. The average Bonchev–Trinajstić information content (AvgIpc) is 2.04. The van der Waals surface area contributed by atoms with Crippen molar-refractivity contribution in [1.82, 2.24) is 5.48 Å². The number of rotatable bonds is 0. The van der Waals surface area contributed by atoms with E-state index in [2.05, 4.69) is 5.48 Å². The molecule has 1 aromatic carbocycles. The third-order valence-electron chi connectivity index (χ3n) is 1.69. The summed E-state index contributed by atoms with van der Waals surface area (Å²) in [5, 5.41) is 9.12. The third-order valence-corrected chi connectivity index (χ3v) is 1.69. The molecule has 0 amide bonds. The molecule has 1 heterocycles. The zero-order valence-corrected chi connectivity index (χ0v) is 5.95. The van der Waals surface area contributed by atoms with E-state index in [1.165, 1.54) is 0 Å². The second-order valence-electron chi connectivity index (χ2n) is 2.55. The van der Waals surface area contributed by atoms with E-state index in [9.17, 15) is 0 Å². The third kappa shape index (κ3) is 1.20. The molecule has 58 valence electrons. The fourth-order valence-corrected chi connectivity index (χ4v) is 1.15. The smallest absolute Gasteiger partial charge is 0.150 e. The van der Waals surface area contributed by atoms with Crippen molar-refractivity contribution in [2.75, 3.05) is 0 Å². The molecule has 2 N–H and O–H groups in total. The van der Waals surface area contributed by atoms with Gasteiger partial charge in [0, 0.05) is 12.0 Å². The Morgan fingerprint density at radius 1 is 1.45 bits per heavy atom. The molecule has 0 aliphatic carbocycles. The largest absolute Gasteiger partial charge is 0.406 e. The number of hydroxylamine groups is 1. The molecule has 1 aliphatic rings. The molecule has 1 aromatic rings. The predicted octanol–water partition coefficient (Wildman–Crippen LogP) is 0.444. The average molecular weight is 151 g/mol. The predicted molar refractivity (Wildman–Crippen MR) is 39.9 cm³/mol. The summed E-state index contributed by atoms with van der Waals surface area (Å²) in [6.07, 6.45) is 0.0285. The van der Waals surface area contributed by atoms with E-state index in [0.29, 0.717) is 6.42 Å². The lowest BCUT2D eigenvalue weighted by molar-refractivity contribution is 0.00584. The van der Waals surface area contributed by atoms with E-state index in [1.807, 2.05) is 24.3 Å². The number of hydrogen-bond acceptors (Lipinski definition) is 3. The van der Waals surface area contributed by atoms with Crippen molar-refractivity contribution in [1.29, 1.82) is 0 Å². The van der Waals surface area contributed by atoms with Crippen molar-refractivity contribution in [3.05, 3.63) is 29.8 Å². The van der Waals surface area contributed by atoms with Crippen LogP contribution < -0.4 is 10.3 Å². The maximum atomic E-state index is 9.12. The first-order valence-electron chi connectivity index (χ1n) is 3.54. The highest BCUT2D eigenvalue weighted by atomic mass is 16.7. The maximum Gasteiger partial charge on any atom is 0.150 e. The molecule has 0 spiro atoms. The van der Waals surface area contributed by atoms with Gasteiger partial charge in [-0.2, -0.15) is 0 Å². The fourth-order valence-electron chi connectivity index (χ4n) is 1.15. The van der Waals surface area contributed by atoms with Crippen LogP contribution in [0.4, 0.5) is 0 Å². The van der Waals surface area contributed by atoms with Gasteiger partial charge in [-0.15, -0.1) is 5.48 Å². The van der Waals surface area contributed by atoms with Gasteiger partial charge in [0.1, 0.15) is 6.23 Å². The molecule has 11 heavy (non-hydrogen) atoms. The number of benzene rings is 1. The first-order valence-corrected chi connectivity index (χ1v) is 3.54. The Kier molecular flexibility index (Phi) is 1.52. The van der Waals surface area contributed by atoms with Crippen LogP contribution in [0.2, 0.25) is 0 Å². The zero-order chi connectivity index (χ0) is 7.68.